The number of phosphoric ester groups is 1. The van der Waals surface area contributed by atoms with Gasteiger partial charge < -0.3 is 38.9 Å². The van der Waals surface area contributed by atoms with Crippen LogP contribution in [0.25, 0.3) is 0 Å². The second-order valence-corrected chi connectivity index (χ2v) is 20.9. The van der Waals surface area contributed by atoms with E-state index in [1.807, 2.05) is 33.3 Å². The van der Waals surface area contributed by atoms with Crippen molar-refractivity contribution in [2.75, 3.05) is 47.5 Å². The third kappa shape index (κ3) is 37.0. The van der Waals surface area contributed by atoms with Crippen LogP contribution < -0.4 is 0 Å². The molecule has 4 N–H and O–H groups in total. The van der Waals surface area contributed by atoms with Crippen LogP contribution in [0.3, 0.4) is 0 Å². The maximum Gasteiger partial charge on any atom is 0.472 e. The molecule has 1 aliphatic heterocycles. The quantitative estimate of drug-likeness (QED) is 0.0150. The van der Waals surface area contributed by atoms with Gasteiger partial charge in [-0.1, -0.05) is 159 Å². The fourth-order valence-corrected chi connectivity index (χ4v) is 8.50. The molecule has 13 nitrogen and oxygen atoms in total. The lowest BCUT2D eigenvalue weighted by atomic mass is 9.87. The normalized spacial score (nSPS) is 20.0. The molecule has 0 radical (unpaired) electrons. The molecule has 14 heteroatoms. The minimum Gasteiger partial charge on any atom is -0.462 e. The number of aliphatic hydroxyl groups is 3. The van der Waals surface area contributed by atoms with E-state index in [0.29, 0.717) is 43.1 Å². The number of nitrogens with zero attached hydrogens (tertiary/aromatic N) is 1. The summed E-state index contributed by atoms with van der Waals surface area (Å²) in [5, 5.41) is 31.1. The van der Waals surface area contributed by atoms with E-state index < -0.39 is 57.1 Å². The van der Waals surface area contributed by atoms with Gasteiger partial charge in [-0.05, 0) is 57.8 Å². The molecule has 0 spiro atoms. The largest absolute Gasteiger partial charge is 0.472 e. The highest BCUT2D eigenvalue weighted by atomic mass is 31.2. The van der Waals surface area contributed by atoms with Crippen LogP contribution >= 0.6 is 7.82 Å². The standard InChI is InChI=1S/C52H96NO12P/c1-6-8-10-11-12-13-14-15-16-17-18-19-20-21-22-23-24-25-26-27-32-36-50(56)61-43-46(44-63-66(59,60)62-41-40-53(3,4)5)64-51(57)37-33-29-28-31-35-47-48(55)42-52(58)65-49(47)39-38-45(54)34-30-9-7-2/h15-16,28,31,38-39,45-49,52,54-55,58H,6-14,17-27,29-30,32-37,40-44H2,1-5H3/p+1/b16-15-,31-28-,39-38+/t45-,46+,47-,48-,49+,52?/m0/s1. The van der Waals surface area contributed by atoms with Gasteiger partial charge in [-0.25, -0.2) is 4.57 Å². The van der Waals surface area contributed by atoms with E-state index in [1.165, 1.54) is 96.3 Å². The van der Waals surface area contributed by atoms with E-state index in [2.05, 4.69) is 26.0 Å². The molecule has 0 amide bonds. The first-order valence-corrected chi connectivity index (χ1v) is 27.6. The molecule has 7 atom stereocenters. The van der Waals surface area contributed by atoms with Gasteiger partial charge in [0.1, 0.15) is 19.8 Å². The van der Waals surface area contributed by atoms with Crippen molar-refractivity contribution in [3.05, 3.63) is 36.5 Å². The Morgan fingerprint density at radius 3 is 1.83 bits per heavy atom. The monoisotopic (exact) mass is 959 g/mol. The van der Waals surface area contributed by atoms with E-state index >= 15 is 0 Å². The minimum atomic E-state index is -4.46. The maximum atomic E-state index is 12.9. The van der Waals surface area contributed by atoms with E-state index in [1.54, 1.807) is 12.2 Å². The molecule has 0 bridgehead atoms. The first kappa shape index (κ1) is 62.1. The summed E-state index contributed by atoms with van der Waals surface area (Å²) in [6.07, 6.45) is 36.7. The molecule has 0 aromatic carbocycles. The number of aliphatic hydroxyl groups excluding tert-OH is 3. The topological polar surface area (TPSA) is 178 Å². The molecule has 386 valence electrons. The van der Waals surface area contributed by atoms with Crippen LogP contribution in [0.4, 0.5) is 0 Å². The average molecular weight is 959 g/mol. The van der Waals surface area contributed by atoms with Gasteiger partial charge in [0.15, 0.2) is 12.4 Å². The van der Waals surface area contributed by atoms with Gasteiger partial charge in [0.05, 0.1) is 46.1 Å². The van der Waals surface area contributed by atoms with E-state index in [9.17, 15) is 34.4 Å². The van der Waals surface area contributed by atoms with E-state index in [4.69, 9.17) is 23.3 Å². The van der Waals surface area contributed by atoms with Crippen molar-refractivity contribution in [3.63, 3.8) is 0 Å². The summed E-state index contributed by atoms with van der Waals surface area (Å²) in [6.45, 7) is 4.02. The van der Waals surface area contributed by atoms with Crippen molar-refractivity contribution in [1.82, 2.24) is 0 Å². The smallest absolute Gasteiger partial charge is 0.462 e. The Labute approximate surface area is 401 Å². The van der Waals surface area contributed by atoms with Crippen molar-refractivity contribution in [3.8, 4) is 0 Å². The molecule has 2 unspecified atom stereocenters. The molecule has 1 fully saturated rings. The zero-order valence-corrected chi connectivity index (χ0v) is 43.1. The van der Waals surface area contributed by atoms with Gasteiger partial charge in [0.2, 0.25) is 0 Å². The molecule has 0 aromatic rings. The fourth-order valence-electron chi connectivity index (χ4n) is 7.75. The molecule has 1 saturated heterocycles. The number of hydrogen-bond acceptors (Lipinski definition) is 11. The summed E-state index contributed by atoms with van der Waals surface area (Å²) in [6, 6.07) is 0. The Hall–Kier alpha value is -1.93. The predicted molar refractivity (Wildman–Crippen MR) is 265 cm³/mol. The van der Waals surface area contributed by atoms with Crippen molar-refractivity contribution in [1.29, 1.82) is 0 Å². The molecule has 66 heavy (non-hydrogen) atoms. The highest BCUT2D eigenvalue weighted by Crippen LogP contribution is 2.43. The lowest BCUT2D eigenvalue weighted by molar-refractivity contribution is -0.870. The molecule has 0 aliphatic carbocycles. The van der Waals surface area contributed by atoms with Crippen molar-refractivity contribution < 1.29 is 62.1 Å². The van der Waals surface area contributed by atoms with Gasteiger partial charge >= 0.3 is 19.8 Å². The van der Waals surface area contributed by atoms with Gasteiger partial charge in [-0.3, -0.25) is 18.6 Å². The highest BCUT2D eigenvalue weighted by Gasteiger charge is 2.35. The molecule has 1 heterocycles. The zero-order chi connectivity index (χ0) is 48.7. The number of hydrogen-bond donors (Lipinski definition) is 4. The zero-order valence-electron chi connectivity index (χ0n) is 42.2. The second kappa shape index (κ2) is 39.9. The Bertz CT molecular complexity index is 1340. The number of carbonyl (C=O) groups excluding carboxylic acids is 2. The first-order valence-electron chi connectivity index (χ1n) is 26.1. The number of quaternary nitrogens is 1. The minimum absolute atomic E-state index is 0.0177. The van der Waals surface area contributed by atoms with Gasteiger partial charge in [0.25, 0.3) is 0 Å². The third-order valence-electron chi connectivity index (χ3n) is 11.9. The molecule has 1 rings (SSSR count). The van der Waals surface area contributed by atoms with Crippen LogP contribution in [0.2, 0.25) is 0 Å². The van der Waals surface area contributed by atoms with Gasteiger partial charge in [-0.2, -0.15) is 0 Å². The number of allylic oxidation sites excluding steroid dienone is 4. The van der Waals surface area contributed by atoms with Crippen molar-refractivity contribution in [2.45, 2.75) is 231 Å². The van der Waals surface area contributed by atoms with Gasteiger partial charge in [-0.15, -0.1) is 0 Å². The van der Waals surface area contributed by atoms with Gasteiger partial charge in [0, 0.05) is 25.2 Å². The maximum absolute atomic E-state index is 12.9. The first-order chi connectivity index (χ1) is 31.7. The summed E-state index contributed by atoms with van der Waals surface area (Å²) in [5.74, 6) is -1.31. The van der Waals surface area contributed by atoms with E-state index in [0.717, 1.165) is 38.5 Å². The summed E-state index contributed by atoms with van der Waals surface area (Å²) in [7, 11) is 1.31. The summed E-state index contributed by atoms with van der Waals surface area (Å²) >= 11 is 0. The number of unbranched alkanes of at least 4 members (excludes halogenated alkanes) is 20. The number of esters is 2. The molecular formula is C52H97NO12P+. The summed E-state index contributed by atoms with van der Waals surface area (Å²) in [5.41, 5.74) is 0. The molecule has 0 saturated carbocycles. The number of ether oxygens (including phenoxy) is 3. The third-order valence-corrected chi connectivity index (χ3v) is 12.9. The van der Waals surface area contributed by atoms with Crippen LogP contribution in [0.15, 0.2) is 36.5 Å². The van der Waals surface area contributed by atoms with Crippen LogP contribution in [0.5, 0.6) is 0 Å². The molecular weight excluding hydrogens is 862 g/mol. The van der Waals surface area contributed by atoms with E-state index in [-0.39, 0.29) is 38.4 Å². The number of rotatable bonds is 43. The summed E-state index contributed by atoms with van der Waals surface area (Å²) in [4.78, 5) is 35.8. The molecule has 1 aliphatic rings. The Morgan fingerprint density at radius 1 is 0.697 bits per heavy atom. The lowest BCUT2D eigenvalue weighted by Crippen LogP contribution is -2.43. The predicted octanol–water partition coefficient (Wildman–Crippen LogP) is 11.4. The summed E-state index contributed by atoms with van der Waals surface area (Å²) < 4.78 is 40.1. The van der Waals surface area contributed by atoms with Crippen LogP contribution in [-0.4, -0.2) is 115 Å². The Kier molecular flexibility index (Phi) is 37.5. The van der Waals surface area contributed by atoms with Crippen molar-refractivity contribution >= 4 is 19.8 Å². The Morgan fingerprint density at radius 2 is 1.23 bits per heavy atom. The fraction of sp³-hybridized carbons (Fsp3) is 0.846. The van der Waals surface area contributed by atoms with Crippen molar-refractivity contribution in [2.24, 2.45) is 5.92 Å². The van der Waals surface area contributed by atoms with Crippen LogP contribution in [0, 0.1) is 5.92 Å². The Balaban J connectivity index is 2.42. The number of phosphoric acid groups is 1. The van der Waals surface area contributed by atoms with Crippen LogP contribution in [0.1, 0.15) is 200 Å². The van der Waals surface area contributed by atoms with Crippen LogP contribution in [-0.2, 0) is 37.4 Å². The lowest BCUT2D eigenvalue weighted by Gasteiger charge is -2.36. The highest BCUT2D eigenvalue weighted by molar-refractivity contribution is 7.47. The number of carbonyl (C=O) groups is 2. The average Bonchev–Trinajstić information content (AvgIpc) is 3.25. The second-order valence-electron chi connectivity index (χ2n) is 19.4. The molecule has 0 aromatic heterocycles. The SMILES string of the molecule is CCCCCCCC/C=C\CCCCCCCCCCCCCC(=O)OC[C@H](COP(=O)(O)OCC[N+](C)(C)C)OC(=O)CCC/C=C\C[C@H]1[C@@H](O)CC(O)O[C@@H]1/C=C/[C@@H](O)CCCCC. The number of likely N-dealkylation sites (N-methyl/N-ethyl adjacent to an activating group) is 1.